The molecule has 1 aromatic carbocycles. The Hall–Kier alpha value is -1.77. The molecule has 6 nitrogen and oxygen atoms in total. The summed E-state index contributed by atoms with van der Waals surface area (Å²) in [6.45, 7) is 3.60. The molecule has 0 N–H and O–H groups in total. The van der Waals surface area contributed by atoms with E-state index in [4.69, 9.17) is 4.74 Å². The van der Waals surface area contributed by atoms with E-state index in [-0.39, 0.29) is 5.69 Å². The van der Waals surface area contributed by atoms with Crippen molar-refractivity contribution in [3.05, 3.63) is 49.5 Å². The zero-order valence-corrected chi connectivity index (χ0v) is 12.4. The monoisotopic (exact) mass is 371 g/mol. The maximum absolute atomic E-state index is 10.7. The third-order valence-electron chi connectivity index (χ3n) is 2.28. The number of aryl methyl sites for hydroxylation is 2. The maximum Gasteiger partial charge on any atom is 0.273 e. The van der Waals surface area contributed by atoms with Gasteiger partial charge in [0.05, 0.1) is 14.6 Å². The first-order valence-corrected chi connectivity index (χ1v) is 6.47. The van der Waals surface area contributed by atoms with E-state index < -0.39 is 4.92 Å². The topological polar surface area (TPSA) is 78.2 Å². The molecule has 2 aromatic rings. The van der Waals surface area contributed by atoms with Crippen molar-refractivity contribution in [3.63, 3.8) is 0 Å². The number of nitro groups is 1. The van der Waals surface area contributed by atoms with Crippen LogP contribution in [0.4, 0.5) is 5.69 Å². The molecule has 1 heterocycles. The summed E-state index contributed by atoms with van der Waals surface area (Å²) in [5, 5.41) is 10.7. The van der Waals surface area contributed by atoms with Crippen molar-refractivity contribution in [1.82, 2.24) is 9.97 Å². The molecule has 98 valence electrons. The Bertz CT molecular complexity index is 626. The highest BCUT2D eigenvalue weighted by Gasteiger charge is 2.12. The Kier molecular flexibility index (Phi) is 3.93. The van der Waals surface area contributed by atoms with Gasteiger partial charge in [0.2, 0.25) is 5.88 Å². The zero-order chi connectivity index (χ0) is 14.0. The fourth-order valence-corrected chi connectivity index (χ4v) is 1.98. The summed E-state index contributed by atoms with van der Waals surface area (Å²) in [6.07, 6.45) is 0. The molecule has 7 heteroatoms. The van der Waals surface area contributed by atoms with E-state index >= 15 is 0 Å². The number of non-ortho nitro benzene ring substituents is 1. The minimum atomic E-state index is -0.459. The van der Waals surface area contributed by atoms with Crippen LogP contribution in [0.15, 0.2) is 24.3 Å². The van der Waals surface area contributed by atoms with Crippen LogP contribution in [0.3, 0.4) is 0 Å². The third kappa shape index (κ3) is 3.37. The molecule has 19 heavy (non-hydrogen) atoms. The van der Waals surface area contributed by atoms with Crippen LogP contribution < -0.4 is 4.74 Å². The molecule has 2 rings (SSSR count). The Labute approximate surface area is 123 Å². The number of hydrogen-bond donors (Lipinski definition) is 0. The Morgan fingerprint density at radius 3 is 2.63 bits per heavy atom. The van der Waals surface area contributed by atoms with E-state index in [0.29, 0.717) is 17.5 Å². The average molecular weight is 371 g/mol. The summed E-state index contributed by atoms with van der Waals surface area (Å²) >= 11 is 2.05. The number of halogens is 1. The lowest BCUT2D eigenvalue weighted by molar-refractivity contribution is -0.384. The smallest absolute Gasteiger partial charge is 0.273 e. The van der Waals surface area contributed by atoms with Crippen LogP contribution >= 0.6 is 22.6 Å². The molecule has 0 fully saturated rings. The van der Waals surface area contributed by atoms with Crippen molar-refractivity contribution in [2.24, 2.45) is 0 Å². The van der Waals surface area contributed by atoms with Crippen LogP contribution in [0.2, 0.25) is 0 Å². The lowest BCUT2D eigenvalue weighted by Crippen LogP contribution is -1.97. The van der Waals surface area contributed by atoms with E-state index in [9.17, 15) is 10.1 Å². The van der Waals surface area contributed by atoms with Crippen LogP contribution in [0.1, 0.15) is 11.5 Å². The highest BCUT2D eigenvalue weighted by atomic mass is 127. The number of ether oxygens (including phenoxy) is 1. The van der Waals surface area contributed by atoms with Gasteiger partial charge in [0.15, 0.2) is 0 Å². The summed E-state index contributed by atoms with van der Waals surface area (Å²) in [5.74, 6) is 1.38. The molecular weight excluding hydrogens is 361 g/mol. The first-order valence-electron chi connectivity index (χ1n) is 5.40. The SMILES string of the molecule is Cc1cc(Oc2cc([N+](=O)[O-])ccc2I)nc(C)n1. The second-order valence-corrected chi connectivity index (χ2v) is 5.03. The molecule has 0 saturated heterocycles. The first-order chi connectivity index (χ1) is 8.95. The Balaban J connectivity index is 2.37. The average Bonchev–Trinajstić information content (AvgIpc) is 2.30. The number of aromatic nitrogens is 2. The van der Waals surface area contributed by atoms with Gasteiger partial charge in [-0.25, -0.2) is 4.98 Å². The summed E-state index contributed by atoms with van der Waals surface area (Å²) in [7, 11) is 0. The van der Waals surface area contributed by atoms with Crippen molar-refractivity contribution in [2.75, 3.05) is 0 Å². The van der Waals surface area contributed by atoms with E-state index in [1.807, 2.05) is 6.92 Å². The van der Waals surface area contributed by atoms with E-state index in [1.165, 1.54) is 12.1 Å². The lowest BCUT2D eigenvalue weighted by atomic mass is 10.3. The second-order valence-electron chi connectivity index (χ2n) is 3.87. The molecule has 1 aromatic heterocycles. The fourth-order valence-electron chi connectivity index (χ4n) is 1.53. The molecule has 0 atom stereocenters. The second kappa shape index (κ2) is 5.47. The molecule has 0 aliphatic heterocycles. The molecule has 0 amide bonds. The Morgan fingerprint density at radius 2 is 2.00 bits per heavy atom. The van der Waals surface area contributed by atoms with Crippen molar-refractivity contribution >= 4 is 28.3 Å². The van der Waals surface area contributed by atoms with E-state index in [1.54, 1.807) is 19.1 Å². The van der Waals surface area contributed by atoms with Gasteiger partial charge >= 0.3 is 0 Å². The van der Waals surface area contributed by atoms with Crippen LogP contribution in [0.25, 0.3) is 0 Å². The molecule has 0 radical (unpaired) electrons. The summed E-state index contributed by atoms with van der Waals surface area (Å²) in [5.41, 5.74) is 0.765. The molecule has 0 bridgehead atoms. The molecule has 0 spiro atoms. The number of nitro benzene ring substituents is 1. The van der Waals surface area contributed by atoms with Gasteiger partial charge in [-0.3, -0.25) is 10.1 Å². The number of hydrogen-bond acceptors (Lipinski definition) is 5. The largest absolute Gasteiger partial charge is 0.438 e. The van der Waals surface area contributed by atoms with Gasteiger partial charge in [0, 0.05) is 17.8 Å². The molecule has 0 unspecified atom stereocenters. The standard InChI is InChI=1S/C12H10IN3O3/c1-7-5-12(15-8(2)14-7)19-11-6-9(16(17)18)3-4-10(11)13/h3-6H,1-2H3. The number of nitrogens with zero attached hydrogens (tertiary/aromatic N) is 3. The Morgan fingerprint density at radius 1 is 1.26 bits per heavy atom. The quantitative estimate of drug-likeness (QED) is 0.470. The summed E-state index contributed by atoms with van der Waals surface area (Å²) in [4.78, 5) is 18.6. The minimum Gasteiger partial charge on any atom is -0.438 e. The van der Waals surface area contributed by atoms with Crippen molar-refractivity contribution in [2.45, 2.75) is 13.8 Å². The number of rotatable bonds is 3. The molecular formula is C12H10IN3O3. The normalized spacial score (nSPS) is 10.3. The summed E-state index contributed by atoms with van der Waals surface area (Å²) in [6, 6.07) is 6.14. The van der Waals surface area contributed by atoms with Gasteiger partial charge in [-0.2, -0.15) is 4.98 Å². The van der Waals surface area contributed by atoms with Gasteiger partial charge in [-0.05, 0) is 42.5 Å². The minimum absolute atomic E-state index is 0.0158. The van der Waals surface area contributed by atoms with E-state index in [0.717, 1.165) is 9.26 Å². The van der Waals surface area contributed by atoms with Crippen LogP contribution in [-0.4, -0.2) is 14.9 Å². The van der Waals surface area contributed by atoms with Crippen LogP contribution in [-0.2, 0) is 0 Å². The maximum atomic E-state index is 10.7. The predicted molar refractivity (Wildman–Crippen MR) is 77.4 cm³/mol. The van der Waals surface area contributed by atoms with Crippen LogP contribution in [0.5, 0.6) is 11.6 Å². The van der Waals surface area contributed by atoms with Gasteiger partial charge in [-0.15, -0.1) is 0 Å². The van der Waals surface area contributed by atoms with Crippen LogP contribution in [0, 0.1) is 27.5 Å². The predicted octanol–water partition coefficient (Wildman–Crippen LogP) is 3.40. The summed E-state index contributed by atoms with van der Waals surface area (Å²) < 4.78 is 6.37. The molecule has 0 saturated carbocycles. The fraction of sp³-hybridized carbons (Fsp3) is 0.167. The van der Waals surface area contributed by atoms with Crippen molar-refractivity contribution in [3.8, 4) is 11.6 Å². The molecule has 0 aliphatic carbocycles. The van der Waals surface area contributed by atoms with Gasteiger partial charge in [0.25, 0.3) is 5.69 Å². The number of benzene rings is 1. The zero-order valence-electron chi connectivity index (χ0n) is 10.3. The first kappa shape index (κ1) is 13.7. The molecule has 0 aliphatic rings. The van der Waals surface area contributed by atoms with Crippen molar-refractivity contribution < 1.29 is 9.66 Å². The van der Waals surface area contributed by atoms with Gasteiger partial charge in [-0.1, -0.05) is 0 Å². The van der Waals surface area contributed by atoms with Crippen molar-refractivity contribution in [1.29, 1.82) is 0 Å². The van der Waals surface area contributed by atoms with E-state index in [2.05, 4.69) is 32.6 Å². The highest BCUT2D eigenvalue weighted by molar-refractivity contribution is 14.1. The van der Waals surface area contributed by atoms with Gasteiger partial charge in [0.1, 0.15) is 11.6 Å². The van der Waals surface area contributed by atoms with Gasteiger partial charge < -0.3 is 4.74 Å². The lowest BCUT2D eigenvalue weighted by Gasteiger charge is -2.07. The third-order valence-corrected chi connectivity index (χ3v) is 3.17. The highest BCUT2D eigenvalue weighted by Crippen LogP contribution is 2.29.